The van der Waals surface area contributed by atoms with Crippen LogP contribution in [-0.2, 0) is 9.53 Å². The molecule has 5 heteroatoms. The normalized spacial score (nSPS) is 24.2. The van der Waals surface area contributed by atoms with Crippen LogP contribution in [0.3, 0.4) is 0 Å². The van der Waals surface area contributed by atoms with Gasteiger partial charge in [-0.05, 0) is 43.4 Å². The Hall–Kier alpha value is -1.88. The molecule has 134 valence electrons. The number of carbonyl (C=O) groups is 2. The van der Waals surface area contributed by atoms with Crippen LogP contribution in [0.4, 0.5) is 0 Å². The molecule has 2 saturated heterocycles. The summed E-state index contributed by atoms with van der Waals surface area (Å²) in [5, 5.41) is 0. The lowest BCUT2D eigenvalue weighted by atomic mass is 9.96. The molecule has 2 aliphatic heterocycles. The maximum absolute atomic E-state index is 12.9. The quantitative estimate of drug-likeness (QED) is 0.847. The molecule has 1 aromatic rings. The van der Waals surface area contributed by atoms with Crippen LogP contribution >= 0.6 is 0 Å². The molecular formula is C20H26N2O3. The lowest BCUT2D eigenvalue weighted by Crippen LogP contribution is -2.38. The number of hydrogen-bond donors (Lipinski definition) is 0. The minimum atomic E-state index is 0.0847. The standard InChI is InChI=1S/C20H26N2O3/c23-19(15-5-6-15)21-8-2-9-22(11-10-21)20(24)17-4-1-3-16(13-17)18-7-12-25-14-18/h1,3-4,13,15,18H,2,5-12,14H2. The highest BCUT2D eigenvalue weighted by atomic mass is 16.5. The summed E-state index contributed by atoms with van der Waals surface area (Å²) in [6.45, 7) is 4.35. The minimum absolute atomic E-state index is 0.0847. The van der Waals surface area contributed by atoms with Gasteiger partial charge in [0.2, 0.25) is 5.91 Å². The van der Waals surface area contributed by atoms with Gasteiger partial charge in [-0.1, -0.05) is 12.1 Å². The molecule has 3 aliphatic rings. The molecule has 1 aliphatic carbocycles. The molecule has 1 aromatic carbocycles. The number of ether oxygens (including phenoxy) is 1. The van der Waals surface area contributed by atoms with Gasteiger partial charge in [-0.2, -0.15) is 0 Å². The zero-order valence-electron chi connectivity index (χ0n) is 14.7. The summed E-state index contributed by atoms with van der Waals surface area (Å²) < 4.78 is 5.47. The second kappa shape index (κ2) is 7.16. The molecule has 0 N–H and O–H groups in total. The van der Waals surface area contributed by atoms with E-state index < -0.39 is 0 Å². The van der Waals surface area contributed by atoms with Crippen molar-refractivity contribution in [2.45, 2.75) is 31.6 Å². The lowest BCUT2D eigenvalue weighted by molar-refractivity contribution is -0.132. The molecular weight excluding hydrogens is 316 g/mol. The molecule has 2 amide bonds. The Morgan fingerprint density at radius 2 is 1.80 bits per heavy atom. The first-order valence-corrected chi connectivity index (χ1v) is 9.48. The van der Waals surface area contributed by atoms with E-state index in [1.807, 2.05) is 28.0 Å². The van der Waals surface area contributed by atoms with Crippen LogP contribution in [0, 0.1) is 5.92 Å². The molecule has 5 nitrogen and oxygen atoms in total. The fourth-order valence-corrected chi connectivity index (χ4v) is 3.84. The monoisotopic (exact) mass is 342 g/mol. The van der Waals surface area contributed by atoms with Crippen LogP contribution in [-0.4, -0.2) is 61.0 Å². The zero-order chi connectivity index (χ0) is 17.2. The number of nitrogens with zero attached hydrogens (tertiary/aromatic N) is 2. The van der Waals surface area contributed by atoms with Crippen LogP contribution in [0.1, 0.15) is 47.5 Å². The summed E-state index contributed by atoms with van der Waals surface area (Å²) in [6, 6.07) is 8.00. The van der Waals surface area contributed by atoms with Crippen molar-refractivity contribution in [3.63, 3.8) is 0 Å². The van der Waals surface area contributed by atoms with Crippen LogP contribution < -0.4 is 0 Å². The van der Waals surface area contributed by atoms with Gasteiger partial charge in [-0.25, -0.2) is 0 Å². The second-order valence-electron chi connectivity index (χ2n) is 7.43. The highest BCUT2D eigenvalue weighted by Crippen LogP contribution is 2.31. The Bertz CT molecular complexity index is 650. The fourth-order valence-electron chi connectivity index (χ4n) is 3.84. The highest BCUT2D eigenvalue weighted by Gasteiger charge is 2.34. The van der Waals surface area contributed by atoms with Gasteiger partial charge < -0.3 is 14.5 Å². The van der Waals surface area contributed by atoms with Gasteiger partial charge in [-0.3, -0.25) is 9.59 Å². The third kappa shape index (κ3) is 3.71. The third-order valence-corrected chi connectivity index (χ3v) is 5.56. The molecule has 0 spiro atoms. The van der Waals surface area contributed by atoms with Crippen LogP contribution in [0.2, 0.25) is 0 Å². The average molecular weight is 342 g/mol. The largest absolute Gasteiger partial charge is 0.381 e. The van der Waals surface area contributed by atoms with E-state index in [4.69, 9.17) is 4.74 Å². The van der Waals surface area contributed by atoms with Gasteiger partial charge in [0.25, 0.3) is 5.91 Å². The van der Waals surface area contributed by atoms with Gasteiger partial charge in [0.1, 0.15) is 0 Å². The molecule has 1 atom stereocenters. The molecule has 1 saturated carbocycles. The van der Waals surface area contributed by atoms with Crippen molar-refractivity contribution >= 4 is 11.8 Å². The molecule has 1 unspecified atom stereocenters. The topological polar surface area (TPSA) is 49.9 Å². The Kier molecular flexibility index (Phi) is 4.75. The average Bonchev–Trinajstić information content (AvgIpc) is 3.41. The Morgan fingerprint density at radius 1 is 1.00 bits per heavy atom. The first-order valence-electron chi connectivity index (χ1n) is 9.48. The van der Waals surface area contributed by atoms with Crippen LogP contribution in [0.5, 0.6) is 0 Å². The highest BCUT2D eigenvalue weighted by molar-refractivity contribution is 5.94. The van der Waals surface area contributed by atoms with Gasteiger partial charge >= 0.3 is 0 Å². The van der Waals surface area contributed by atoms with Crippen molar-refractivity contribution in [2.24, 2.45) is 5.92 Å². The minimum Gasteiger partial charge on any atom is -0.381 e. The van der Waals surface area contributed by atoms with E-state index in [-0.39, 0.29) is 17.7 Å². The summed E-state index contributed by atoms with van der Waals surface area (Å²) in [4.78, 5) is 29.1. The molecule has 25 heavy (non-hydrogen) atoms. The number of carbonyl (C=O) groups excluding carboxylic acids is 2. The summed E-state index contributed by atoms with van der Waals surface area (Å²) in [6.07, 6.45) is 3.96. The van der Waals surface area contributed by atoms with E-state index in [2.05, 4.69) is 6.07 Å². The summed E-state index contributed by atoms with van der Waals surface area (Å²) in [5.74, 6) is 1.04. The SMILES string of the molecule is O=C(c1cccc(C2CCOC2)c1)N1CCCN(C(=O)C2CC2)CC1. The van der Waals surface area contributed by atoms with E-state index >= 15 is 0 Å². The number of hydrogen-bond acceptors (Lipinski definition) is 3. The van der Waals surface area contributed by atoms with Gasteiger partial charge in [0.05, 0.1) is 6.61 Å². The fraction of sp³-hybridized carbons (Fsp3) is 0.600. The molecule has 4 rings (SSSR count). The molecule has 0 aromatic heterocycles. The number of rotatable bonds is 3. The van der Waals surface area contributed by atoms with Crippen molar-refractivity contribution in [3.05, 3.63) is 35.4 Å². The Balaban J connectivity index is 1.42. The van der Waals surface area contributed by atoms with Gasteiger partial charge in [0, 0.05) is 50.2 Å². The Labute approximate surface area is 148 Å². The van der Waals surface area contributed by atoms with Crippen LogP contribution in [0.15, 0.2) is 24.3 Å². The zero-order valence-corrected chi connectivity index (χ0v) is 14.7. The first kappa shape index (κ1) is 16.6. The molecule has 0 radical (unpaired) electrons. The van der Waals surface area contributed by atoms with E-state index in [1.165, 1.54) is 5.56 Å². The van der Waals surface area contributed by atoms with Gasteiger partial charge in [-0.15, -0.1) is 0 Å². The Morgan fingerprint density at radius 3 is 2.56 bits per heavy atom. The van der Waals surface area contributed by atoms with Crippen LogP contribution in [0.25, 0.3) is 0 Å². The molecule has 3 fully saturated rings. The molecule has 0 bridgehead atoms. The second-order valence-corrected chi connectivity index (χ2v) is 7.43. The van der Waals surface area contributed by atoms with Crippen molar-refractivity contribution in [1.82, 2.24) is 9.80 Å². The lowest BCUT2D eigenvalue weighted by Gasteiger charge is -2.22. The first-order chi connectivity index (χ1) is 12.2. The maximum Gasteiger partial charge on any atom is 0.253 e. The van der Waals surface area contributed by atoms with Crippen molar-refractivity contribution < 1.29 is 14.3 Å². The summed E-state index contributed by atoms with van der Waals surface area (Å²) in [7, 11) is 0. The van der Waals surface area contributed by atoms with E-state index in [1.54, 1.807) is 0 Å². The predicted octanol–water partition coefficient (Wildman–Crippen LogP) is 2.28. The van der Waals surface area contributed by atoms with E-state index in [9.17, 15) is 9.59 Å². The van der Waals surface area contributed by atoms with Crippen molar-refractivity contribution in [2.75, 3.05) is 39.4 Å². The third-order valence-electron chi connectivity index (χ3n) is 5.56. The van der Waals surface area contributed by atoms with Crippen molar-refractivity contribution in [1.29, 1.82) is 0 Å². The number of amides is 2. The van der Waals surface area contributed by atoms with Crippen molar-refractivity contribution in [3.8, 4) is 0 Å². The summed E-state index contributed by atoms with van der Waals surface area (Å²) in [5.41, 5.74) is 1.95. The molecule has 2 heterocycles. The smallest absolute Gasteiger partial charge is 0.253 e. The van der Waals surface area contributed by atoms with E-state index in [0.29, 0.717) is 19.0 Å². The maximum atomic E-state index is 12.9. The van der Waals surface area contributed by atoms with Gasteiger partial charge in [0.15, 0.2) is 0 Å². The summed E-state index contributed by atoms with van der Waals surface area (Å²) >= 11 is 0. The predicted molar refractivity (Wildman–Crippen MR) is 94.4 cm³/mol. The van der Waals surface area contributed by atoms with E-state index in [0.717, 1.165) is 57.6 Å². The number of benzene rings is 1.